The molecule has 2 rings (SSSR count). The molecule has 0 heterocycles. The monoisotopic (exact) mass is 405 g/mol. The van der Waals surface area contributed by atoms with Gasteiger partial charge in [-0.15, -0.1) is 0 Å². The Labute approximate surface area is 153 Å². The van der Waals surface area contributed by atoms with E-state index in [0.29, 0.717) is 22.7 Å². The van der Waals surface area contributed by atoms with Gasteiger partial charge in [0, 0.05) is 15.7 Å². The topological polar surface area (TPSA) is 89.0 Å². The molecule has 0 bridgehead atoms. The van der Waals surface area contributed by atoms with Crippen LogP contribution in [-0.2, 0) is 9.59 Å². The van der Waals surface area contributed by atoms with Gasteiger partial charge in [-0.05, 0) is 42.5 Å². The number of hydrazone groups is 1. The molecule has 130 valence electrons. The third-order valence-corrected chi connectivity index (χ3v) is 3.61. The second-order valence-electron chi connectivity index (χ2n) is 4.77. The summed E-state index contributed by atoms with van der Waals surface area (Å²) in [7, 11) is 3.07. The fraction of sp³-hybridized carbons (Fsp3) is 0.118. The van der Waals surface area contributed by atoms with E-state index in [4.69, 9.17) is 9.47 Å². The molecule has 0 radical (unpaired) electrons. The molecule has 7 nitrogen and oxygen atoms in total. The van der Waals surface area contributed by atoms with Gasteiger partial charge in [-0.25, -0.2) is 5.43 Å². The summed E-state index contributed by atoms with van der Waals surface area (Å²) in [6.07, 6.45) is 1.39. The average molecular weight is 406 g/mol. The summed E-state index contributed by atoms with van der Waals surface area (Å²) in [5, 5.41) is 6.24. The minimum atomic E-state index is -0.888. The van der Waals surface area contributed by atoms with Crippen LogP contribution in [0.2, 0.25) is 0 Å². The zero-order valence-corrected chi connectivity index (χ0v) is 15.2. The Morgan fingerprint density at radius 3 is 2.40 bits per heavy atom. The Hall–Kier alpha value is -2.87. The van der Waals surface area contributed by atoms with Crippen molar-refractivity contribution in [1.29, 1.82) is 0 Å². The Morgan fingerprint density at radius 2 is 1.76 bits per heavy atom. The van der Waals surface area contributed by atoms with E-state index in [-0.39, 0.29) is 0 Å². The Kier molecular flexibility index (Phi) is 6.53. The maximum absolute atomic E-state index is 11.8. The quantitative estimate of drug-likeness (QED) is 0.454. The van der Waals surface area contributed by atoms with Crippen molar-refractivity contribution in [2.45, 2.75) is 0 Å². The number of amides is 2. The van der Waals surface area contributed by atoms with Crippen LogP contribution in [0.25, 0.3) is 0 Å². The first-order valence-electron chi connectivity index (χ1n) is 7.15. The number of methoxy groups -OCH3 is 2. The minimum Gasteiger partial charge on any atom is -0.497 e. The summed E-state index contributed by atoms with van der Waals surface area (Å²) in [6.45, 7) is 0. The van der Waals surface area contributed by atoms with Crippen LogP contribution in [0.4, 0.5) is 5.69 Å². The van der Waals surface area contributed by atoms with Crippen LogP contribution in [0.5, 0.6) is 11.5 Å². The number of nitrogens with one attached hydrogen (secondary N) is 2. The Bertz CT molecular complexity index is 791. The largest absolute Gasteiger partial charge is 0.497 e. The first kappa shape index (κ1) is 18.5. The van der Waals surface area contributed by atoms with E-state index in [1.165, 1.54) is 13.3 Å². The number of halogens is 1. The van der Waals surface area contributed by atoms with Gasteiger partial charge in [0.1, 0.15) is 11.5 Å². The Morgan fingerprint density at radius 1 is 1.04 bits per heavy atom. The highest BCUT2D eigenvalue weighted by Crippen LogP contribution is 2.21. The molecular weight excluding hydrogens is 390 g/mol. The number of hydrogen-bond acceptors (Lipinski definition) is 5. The van der Waals surface area contributed by atoms with Crippen LogP contribution < -0.4 is 20.2 Å². The molecule has 2 aromatic carbocycles. The van der Waals surface area contributed by atoms with Gasteiger partial charge < -0.3 is 14.8 Å². The molecule has 0 aromatic heterocycles. The predicted octanol–water partition coefficient (Wildman–Crippen LogP) is 2.56. The van der Waals surface area contributed by atoms with E-state index in [0.717, 1.165) is 4.47 Å². The minimum absolute atomic E-state index is 0.471. The molecule has 2 amide bonds. The number of carbonyl (C=O) groups is 2. The van der Waals surface area contributed by atoms with Crippen LogP contribution in [0, 0.1) is 0 Å². The molecule has 0 fully saturated rings. The van der Waals surface area contributed by atoms with Gasteiger partial charge in [-0.1, -0.05) is 15.9 Å². The highest BCUT2D eigenvalue weighted by Gasteiger charge is 2.13. The summed E-state index contributed by atoms with van der Waals surface area (Å²) < 4.78 is 11.0. The summed E-state index contributed by atoms with van der Waals surface area (Å²) >= 11 is 3.34. The molecule has 0 saturated heterocycles. The molecule has 0 spiro atoms. The summed E-state index contributed by atoms with van der Waals surface area (Å²) in [5.74, 6) is -0.483. The van der Waals surface area contributed by atoms with Crippen molar-refractivity contribution >= 4 is 39.6 Å². The second-order valence-corrected chi connectivity index (χ2v) is 5.68. The van der Waals surface area contributed by atoms with Crippen LogP contribution in [0.1, 0.15) is 5.56 Å². The molecule has 2 N–H and O–H groups in total. The lowest BCUT2D eigenvalue weighted by molar-refractivity contribution is -0.136. The molecule has 0 unspecified atom stereocenters. The number of nitrogens with zero attached hydrogens (tertiary/aromatic N) is 1. The number of anilines is 1. The SMILES string of the molecule is COc1ccc(NC(=O)C(=O)N/N=C/c2cc(Br)ccc2OC)cc1. The maximum atomic E-state index is 11.8. The van der Waals surface area contributed by atoms with Crippen molar-refractivity contribution in [1.82, 2.24) is 5.43 Å². The smallest absolute Gasteiger partial charge is 0.329 e. The molecule has 2 aromatic rings. The van der Waals surface area contributed by atoms with Crippen LogP contribution >= 0.6 is 15.9 Å². The number of hydrogen-bond donors (Lipinski definition) is 2. The van der Waals surface area contributed by atoms with E-state index in [2.05, 4.69) is 31.8 Å². The van der Waals surface area contributed by atoms with Crippen molar-refractivity contribution < 1.29 is 19.1 Å². The third kappa shape index (κ3) is 5.32. The lowest BCUT2D eigenvalue weighted by Gasteiger charge is -2.06. The standard InChI is InChI=1S/C17H16BrN3O4/c1-24-14-6-4-13(5-7-14)20-16(22)17(23)21-19-10-11-9-12(18)3-8-15(11)25-2/h3-10H,1-2H3,(H,20,22)(H,21,23)/b19-10+. The van der Waals surface area contributed by atoms with Gasteiger partial charge in [-0.3, -0.25) is 9.59 Å². The van der Waals surface area contributed by atoms with Crippen molar-refractivity contribution in [3.05, 3.63) is 52.5 Å². The van der Waals surface area contributed by atoms with E-state index < -0.39 is 11.8 Å². The van der Waals surface area contributed by atoms with Crippen molar-refractivity contribution in [2.75, 3.05) is 19.5 Å². The number of carbonyl (C=O) groups excluding carboxylic acids is 2. The van der Waals surface area contributed by atoms with Crippen LogP contribution in [-0.4, -0.2) is 32.2 Å². The molecule has 0 atom stereocenters. The second kappa shape index (κ2) is 8.84. The lowest BCUT2D eigenvalue weighted by Crippen LogP contribution is -2.32. The highest BCUT2D eigenvalue weighted by molar-refractivity contribution is 9.10. The highest BCUT2D eigenvalue weighted by atomic mass is 79.9. The molecule has 0 saturated carbocycles. The number of rotatable bonds is 5. The zero-order chi connectivity index (χ0) is 18.2. The summed E-state index contributed by atoms with van der Waals surface area (Å²) in [6, 6.07) is 11.9. The predicted molar refractivity (Wildman–Crippen MR) is 98.1 cm³/mol. The first-order valence-corrected chi connectivity index (χ1v) is 7.94. The van der Waals surface area contributed by atoms with Gasteiger partial charge in [-0.2, -0.15) is 5.10 Å². The third-order valence-electron chi connectivity index (χ3n) is 3.12. The molecule has 25 heavy (non-hydrogen) atoms. The van der Waals surface area contributed by atoms with Gasteiger partial charge in [0.25, 0.3) is 0 Å². The van der Waals surface area contributed by atoms with Crippen molar-refractivity contribution in [3.63, 3.8) is 0 Å². The molecule has 0 aliphatic carbocycles. The van der Waals surface area contributed by atoms with Gasteiger partial charge >= 0.3 is 11.8 Å². The van der Waals surface area contributed by atoms with Crippen molar-refractivity contribution in [2.24, 2.45) is 5.10 Å². The summed E-state index contributed by atoms with van der Waals surface area (Å²) in [4.78, 5) is 23.6. The maximum Gasteiger partial charge on any atom is 0.329 e. The molecule has 0 aliphatic heterocycles. The Balaban J connectivity index is 1.94. The van der Waals surface area contributed by atoms with E-state index >= 15 is 0 Å². The molecule has 0 aliphatic rings. The van der Waals surface area contributed by atoms with Gasteiger partial charge in [0.2, 0.25) is 0 Å². The molecular formula is C17H16BrN3O4. The van der Waals surface area contributed by atoms with Crippen LogP contribution in [0.3, 0.4) is 0 Å². The van der Waals surface area contributed by atoms with E-state index in [1.54, 1.807) is 43.5 Å². The van der Waals surface area contributed by atoms with E-state index in [1.807, 2.05) is 6.07 Å². The summed E-state index contributed by atoms with van der Waals surface area (Å²) in [5.41, 5.74) is 3.28. The zero-order valence-electron chi connectivity index (χ0n) is 13.6. The lowest BCUT2D eigenvalue weighted by atomic mass is 10.2. The average Bonchev–Trinajstić information content (AvgIpc) is 2.62. The normalized spacial score (nSPS) is 10.4. The van der Waals surface area contributed by atoms with E-state index in [9.17, 15) is 9.59 Å². The first-order chi connectivity index (χ1) is 12.0. The van der Waals surface area contributed by atoms with Gasteiger partial charge in [0.15, 0.2) is 0 Å². The fourth-order valence-corrected chi connectivity index (χ4v) is 2.26. The van der Waals surface area contributed by atoms with Gasteiger partial charge in [0.05, 0.1) is 20.4 Å². The van der Waals surface area contributed by atoms with Crippen LogP contribution in [0.15, 0.2) is 52.0 Å². The van der Waals surface area contributed by atoms with Crippen molar-refractivity contribution in [3.8, 4) is 11.5 Å². The molecule has 8 heteroatoms. The fourth-order valence-electron chi connectivity index (χ4n) is 1.88. The number of benzene rings is 2. The number of ether oxygens (including phenoxy) is 2.